The summed E-state index contributed by atoms with van der Waals surface area (Å²) in [5, 5.41) is 0. The van der Waals surface area contributed by atoms with Gasteiger partial charge >= 0.3 is 0 Å². The van der Waals surface area contributed by atoms with Gasteiger partial charge in [0.2, 0.25) is 11.8 Å². The molecule has 2 atom stereocenters. The first kappa shape index (κ1) is 21.2. The average Bonchev–Trinajstić information content (AvgIpc) is 2.73. The molecule has 2 aliphatic heterocycles. The highest BCUT2D eigenvalue weighted by atomic mass is 16.2. The number of hydrogen-bond donors (Lipinski definition) is 0. The Morgan fingerprint density at radius 1 is 0.759 bits per heavy atom. The van der Waals surface area contributed by atoms with Gasteiger partial charge in [0, 0.05) is 10.8 Å². The number of carbonyl (C=O) groups excluding carboxylic acids is 2. The summed E-state index contributed by atoms with van der Waals surface area (Å²) in [7, 11) is 0. The second-order valence-corrected chi connectivity index (χ2v) is 12.1. The van der Waals surface area contributed by atoms with Crippen molar-refractivity contribution in [1.82, 2.24) is 0 Å². The van der Waals surface area contributed by atoms with Crippen molar-refractivity contribution in [3.05, 3.63) is 5.53 Å². The summed E-state index contributed by atoms with van der Waals surface area (Å²) in [4.78, 5) is 27.8. The van der Waals surface area contributed by atoms with Crippen LogP contribution in [0.1, 0.15) is 105 Å². The van der Waals surface area contributed by atoms with Gasteiger partial charge in [-0.1, -0.05) is 79.1 Å². The van der Waals surface area contributed by atoms with Crippen molar-refractivity contribution in [2.45, 2.75) is 117 Å². The Morgan fingerprint density at radius 2 is 1.21 bits per heavy atom. The number of Topliss-reactive ketones (excluding diaryl/α,β-unsaturated/α-hetero) is 2. The lowest BCUT2D eigenvalue weighted by atomic mass is 9.51. The molecule has 5 fully saturated rings. The minimum Gasteiger partial charge on any atom is -0.506 e. The molecule has 0 N–H and O–H groups in total. The van der Waals surface area contributed by atoms with Crippen LogP contribution in [0.2, 0.25) is 0 Å². The van der Waals surface area contributed by atoms with E-state index in [0.29, 0.717) is 12.8 Å². The molecule has 2 unspecified atom stereocenters. The first-order chi connectivity index (χ1) is 13.6. The predicted octanol–water partition coefficient (Wildman–Crippen LogP) is 5.90. The van der Waals surface area contributed by atoms with Crippen LogP contribution >= 0.6 is 0 Å². The SMILES string of the molecule is CC1(C)CC23CC(C)(C)C1[N+](=[N-])C(C2=O)C(C1CCCCCCCCCC1)C3=O. The fourth-order valence-electron chi connectivity index (χ4n) is 8.26. The van der Waals surface area contributed by atoms with E-state index in [1.165, 1.54) is 43.2 Å². The molecular weight excluding hydrogens is 360 g/mol. The maximum Gasteiger partial charge on any atom is 0.213 e. The first-order valence-electron chi connectivity index (χ1n) is 12.2. The van der Waals surface area contributed by atoms with Gasteiger partial charge in [0.25, 0.3) is 0 Å². The van der Waals surface area contributed by atoms with Gasteiger partial charge in [-0.2, -0.15) is 0 Å². The molecule has 2 saturated heterocycles. The standard InChI is InChI=1S/C25H40N2O2/c1-23(2)15-25-16-24(3,4)22(23)27(26)19(21(25)29)18(20(25)28)17-13-11-9-7-5-6-8-10-12-14-17/h17-19,22H,5-16H2,1-4H3. The molecule has 5 rings (SSSR count). The minimum atomic E-state index is -0.872. The molecule has 4 nitrogen and oxygen atoms in total. The molecule has 0 aromatic carbocycles. The van der Waals surface area contributed by atoms with Crippen molar-refractivity contribution in [2.24, 2.45) is 28.1 Å². The summed E-state index contributed by atoms with van der Waals surface area (Å²) in [6.45, 7) is 8.53. The molecule has 5 aliphatic rings. The molecule has 29 heavy (non-hydrogen) atoms. The van der Waals surface area contributed by atoms with Gasteiger partial charge in [0.15, 0.2) is 11.8 Å². The third-order valence-corrected chi connectivity index (χ3v) is 8.81. The lowest BCUT2D eigenvalue weighted by molar-refractivity contribution is -0.641. The second kappa shape index (κ2) is 7.27. The fourth-order valence-corrected chi connectivity index (χ4v) is 8.26. The molecule has 4 heteroatoms. The first-order valence-corrected chi connectivity index (χ1v) is 12.2. The Morgan fingerprint density at radius 3 is 1.69 bits per heavy atom. The van der Waals surface area contributed by atoms with Crippen molar-refractivity contribution < 1.29 is 14.3 Å². The van der Waals surface area contributed by atoms with Crippen molar-refractivity contribution in [1.29, 1.82) is 0 Å². The quantitative estimate of drug-likeness (QED) is 0.406. The molecule has 0 amide bonds. The van der Waals surface area contributed by atoms with Crippen molar-refractivity contribution in [3.63, 3.8) is 0 Å². The van der Waals surface area contributed by atoms with Crippen molar-refractivity contribution in [3.8, 4) is 0 Å². The lowest BCUT2D eigenvalue weighted by Gasteiger charge is -2.52. The highest BCUT2D eigenvalue weighted by Gasteiger charge is 2.75. The van der Waals surface area contributed by atoms with Crippen LogP contribution in [0.25, 0.3) is 5.53 Å². The summed E-state index contributed by atoms with van der Waals surface area (Å²) in [6.07, 6.45) is 13.2. The van der Waals surface area contributed by atoms with Crippen LogP contribution in [-0.4, -0.2) is 28.3 Å². The van der Waals surface area contributed by atoms with Crippen LogP contribution in [0, 0.1) is 28.1 Å². The number of rotatable bonds is 1. The van der Waals surface area contributed by atoms with E-state index in [0.717, 1.165) is 25.7 Å². The second-order valence-electron chi connectivity index (χ2n) is 12.1. The molecule has 0 aromatic rings. The number of ketones is 2. The number of nitrogens with zero attached hydrogens (tertiary/aromatic N) is 2. The molecule has 3 saturated carbocycles. The molecular formula is C25H40N2O2. The van der Waals surface area contributed by atoms with E-state index in [2.05, 4.69) is 27.7 Å². The average molecular weight is 401 g/mol. The van der Waals surface area contributed by atoms with Gasteiger partial charge in [-0.3, -0.25) is 9.59 Å². The van der Waals surface area contributed by atoms with Gasteiger partial charge in [0.1, 0.15) is 0 Å². The summed E-state index contributed by atoms with van der Waals surface area (Å²) < 4.78 is 1.39. The molecule has 2 heterocycles. The smallest absolute Gasteiger partial charge is 0.213 e. The molecule has 1 spiro atoms. The van der Waals surface area contributed by atoms with Gasteiger partial charge in [-0.05, 0) is 31.6 Å². The van der Waals surface area contributed by atoms with Gasteiger partial charge < -0.3 is 10.2 Å². The van der Waals surface area contributed by atoms with E-state index >= 15 is 0 Å². The third kappa shape index (κ3) is 3.24. The van der Waals surface area contributed by atoms with E-state index < -0.39 is 11.5 Å². The van der Waals surface area contributed by atoms with Gasteiger partial charge in [0.05, 0.1) is 11.3 Å². The summed E-state index contributed by atoms with van der Waals surface area (Å²) in [5.74, 6) is 0.147. The third-order valence-electron chi connectivity index (χ3n) is 8.81. The monoisotopic (exact) mass is 400 g/mol. The molecule has 3 bridgehead atoms. The highest BCUT2D eigenvalue weighted by molar-refractivity contribution is 6.17. The number of hydrogen-bond acceptors (Lipinski definition) is 2. The van der Waals surface area contributed by atoms with Crippen LogP contribution < -0.4 is 0 Å². The van der Waals surface area contributed by atoms with Crippen molar-refractivity contribution >= 4 is 11.6 Å². The van der Waals surface area contributed by atoms with Gasteiger partial charge in [-0.25, -0.2) is 0 Å². The van der Waals surface area contributed by atoms with Crippen LogP contribution in [-0.2, 0) is 9.59 Å². The Hall–Kier alpha value is -1.06. The Labute approximate surface area is 176 Å². The van der Waals surface area contributed by atoms with Gasteiger partial charge in [-0.15, -0.1) is 0 Å². The van der Waals surface area contributed by atoms with Crippen LogP contribution in [0.3, 0.4) is 0 Å². The molecule has 3 aliphatic carbocycles. The largest absolute Gasteiger partial charge is 0.506 e. The van der Waals surface area contributed by atoms with E-state index in [-0.39, 0.29) is 40.3 Å². The Bertz CT molecular complexity index is 678. The zero-order chi connectivity index (χ0) is 21.0. The van der Waals surface area contributed by atoms with E-state index in [1.54, 1.807) is 0 Å². The summed E-state index contributed by atoms with van der Waals surface area (Å²) >= 11 is 0. The zero-order valence-electron chi connectivity index (χ0n) is 19.0. The van der Waals surface area contributed by atoms with E-state index in [9.17, 15) is 15.1 Å². The van der Waals surface area contributed by atoms with Crippen molar-refractivity contribution in [2.75, 3.05) is 0 Å². The van der Waals surface area contributed by atoms with Crippen LogP contribution in [0.5, 0.6) is 0 Å². The maximum atomic E-state index is 14.0. The Kier molecular flexibility index (Phi) is 5.31. The zero-order valence-corrected chi connectivity index (χ0v) is 19.0. The minimum absolute atomic E-state index is 0.0328. The fraction of sp³-hybridized carbons (Fsp3) is 0.920. The summed E-state index contributed by atoms with van der Waals surface area (Å²) in [5.41, 5.74) is 10.1. The topological polar surface area (TPSA) is 59.5 Å². The molecule has 162 valence electrons. The van der Waals surface area contributed by atoms with Crippen LogP contribution in [0.15, 0.2) is 0 Å². The number of carbonyl (C=O) groups is 2. The summed E-state index contributed by atoms with van der Waals surface area (Å²) in [6, 6.07) is -0.705. The Balaban J connectivity index is 1.70. The molecule has 0 radical (unpaired) electrons. The van der Waals surface area contributed by atoms with E-state index in [4.69, 9.17) is 0 Å². The maximum absolute atomic E-state index is 14.0. The predicted molar refractivity (Wildman–Crippen MR) is 114 cm³/mol. The highest BCUT2D eigenvalue weighted by Crippen LogP contribution is 2.64. The number of fused-ring (bicyclic) bond motifs is 2. The van der Waals surface area contributed by atoms with Crippen LogP contribution in [0.4, 0.5) is 0 Å². The lowest BCUT2D eigenvalue weighted by Crippen LogP contribution is -2.59. The normalized spacial score (nSPS) is 40.6. The molecule has 0 aromatic heterocycles. The van der Waals surface area contributed by atoms with E-state index in [1.807, 2.05) is 0 Å².